The van der Waals surface area contributed by atoms with E-state index in [1.807, 2.05) is 7.05 Å². The zero-order valence-electron chi connectivity index (χ0n) is 13.2. The number of carbonyl (C=O) groups is 1. The van der Waals surface area contributed by atoms with E-state index < -0.39 is 0 Å². The van der Waals surface area contributed by atoms with Crippen LogP contribution in [0.3, 0.4) is 0 Å². The highest BCUT2D eigenvalue weighted by atomic mass is 32.1. The number of aromatic nitrogens is 3. The minimum Gasteiger partial charge on any atom is -0.348 e. The predicted octanol–water partition coefficient (Wildman–Crippen LogP) is 1.89. The Kier molecular flexibility index (Phi) is 4.15. The van der Waals surface area contributed by atoms with E-state index in [0.29, 0.717) is 5.69 Å². The van der Waals surface area contributed by atoms with Gasteiger partial charge in [0.15, 0.2) is 5.13 Å². The van der Waals surface area contributed by atoms with Crippen molar-refractivity contribution in [2.45, 2.75) is 32.7 Å². The molecule has 1 aliphatic rings. The van der Waals surface area contributed by atoms with Crippen molar-refractivity contribution in [2.75, 3.05) is 18.0 Å². The molecule has 118 valence electrons. The van der Waals surface area contributed by atoms with Crippen molar-refractivity contribution >= 4 is 22.4 Å². The Balaban J connectivity index is 1.54. The molecule has 2 aromatic rings. The number of nitrogens with one attached hydrogen (secondary N) is 1. The molecule has 3 heterocycles. The van der Waals surface area contributed by atoms with Crippen LogP contribution in [0.2, 0.25) is 0 Å². The molecule has 0 radical (unpaired) electrons. The lowest BCUT2D eigenvalue weighted by atomic mass is 10.1. The summed E-state index contributed by atoms with van der Waals surface area (Å²) in [6.07, 6.45) is 3.66. The number of piperidine rings is 1. The maximum Gasteiger partial charge on any atom is 0.271 e. The average Bonchev–Trinajstić information content (AvgIpc) is 3.07. The molecule has 0 atom stereocenters. The van der Waals surface area contributed by atoms with Crippen molar-refractivity contribution in [3.8, 4) is 0 Å². The lowest BCUT2D eigenvalue weighted by Gasteiger charge is -2.32. The van der Waals surface area contributed by atoms with Crippen LogP contribution < -0.4 is 10.2 Å². The van der Waals surface area contributed by atoms with Crippen LogP contribution in [0, 0.1) is 13.8 Å². The van der Waals surface area contributed by atoms with Gasteiger partial charge >= 0.3 is 0 Å². The van der Waals surface area contributed by atoms with Gasteiger partial charge in [-0.05, 0) is 32.8 Å². The summed E-state index contributed by atoms with van der Waals surface area (Å²) >= 11 is 1.75. The average molecular weight is 319 g/mol. The topological polar surface area (TPSA) is 63.1 Å². The zero-order valence-corrected chi connectivity index (χ0v) is 14.0. The van der Waals surface area contributed by atoms with E-state index in [-0.39, 0.29) is 11.9 Å². The standard InChI is InChI=1S/C15H21N5OS/c1-10-11(2)22-15(16-10)20-8-4-12(5-9-20)17-14(21)13-6-7-19(3)18-13/h6-7,12H,4-5,8-9H2,1-3H3,(H,17,21). The van der Waals surface area contributed by atoms with Crippen LogP contribution in [-0.2, 0) is 7.05 Å². The number of thiazole rings is 1. The van der Waals surface area contributed by atoms with Crippen molar-refractivity contribution in [3.63, 3.8) is 0 Å². The molecule has 22 heavy (non-hydrogen) atoms. The third-order valence-corrected chi connectivity index (χ3v) is 5.20. The summed E-state index contributed by atoms with van der Waals surface area (Å²) in [5.74, 6) is -0.0833. The fraction of sp³-hybridized carbons (Fsp3) is 0.533. The SMILES string of the molecule is Cc1nc(N2CCC(NC(=O)c3ccn(C)n3)CC2)sc1C. The van der Waals surface area contributed by atoms with Gasteiger partial charge in [0.1, 0.15) is 5.69 Å². The number of rotatable bonds is 3. The largest absolute Gasteiger partial charge is 0.348 e. The van der Waals surface area contributed by atoms with Crippen molar-refractivity contribution < 1.29 is 4.79 Å². The van der Waals surface area contributed by atoms with E-state index in [9.17, 15) is 4.79 Å². The first-order chi connectivity index (χ1) is 10.5. The highest BCUT2D eigenvalue weighted by Gasteiger charge is 2.23. The molecule has 0 saturated carbocycles. The number of aryl methyl sites for hydroxylation is 3. The first-order valence-electron chi connectivity index (χ1n) is 7.52. The Morgan fingerprint density at radius 3 is 2.64 bits per heavy atom. The van der Waals surface area contributed by atoms with E-state index in [4.69, 9.17) is 0 Å². The minimum atomic E-state index is -0.0833. The molecule has 1 amide bonds. The number of nitrogens with zero attached hydrogens (tertiary/aromatic N) is 4. The van der Waals surface area contributed by atoms with Crippen LogP contribution in [0.4, 0.5) is 5.13 Å². The summed E-state index contributed by atoms with van der Waals surface area (Å²) in [6.45, 7) is 6.02. The van der Waals surface area contributed by atoms with Crippen molar-refractivity contribution in [1.82, 2.24) is 20.1 Å². The first-order valence-corrected chi connectivity index (χ1v) is 8.34. The van der Waals surface area contributed by atoms with Gasteiger partial charge in [0.2, 0.25) is 0 Å². The van der Waals surface area contributed by atoms with Gasteiger partial charge < -0.3 is 10.2 Å². The summed E-state index contributed by atoms with van der Waals surface area (Å²) < 4.78 is 1.64. The van der Waals surface area contributed by atoms with Crippen LogP contribution in [0.5, 0.6) is 0 Å². The molecule has 0 unspecified atom stereocenters. The van der Waals surface area contributed by atoms with E-state index in [0.717, 1.165) is 36.8 Å². The monoisotopic (exact) mass is 319 g/mol. The van der Waals surface area contributed by atoms with Gasteiger partial charge in [-0.3, -0.25) is 9.48 Å². The van der Waals surface area contributed by atoms with Crippen LogP contribution in [-0.4, -0.2) is 39.8 Å². The maximum atomic E-state index is 12.1. The fourth-order valence-electron chi connectivity index (χ4n) is 2.60. The third-order valence-electron chi connectivity index (χ3n) is 4.06. The Labute approximate surface area is 134 Å². The molecule has 0 aliphatic carbocycles. The number of hydrogen-bond acceptors (Lipinski definition) is 5. The summed E-state index contributed by atoms with van der Waals surface area (Å²) in [6, 6.07) is 1.96. The van der Waals surface area contributed by atoms with Crippen LogP contribution >= 0.6 is 11.3 Å². The Hall–Kier alpha value is -1.89. The molecule has 2 aromatic heterocycles. The van der Waals surface area contributed by atoms with Crippen LogP contribution in [0.25, 0.3) is 0 Å². The van der Waals surface area contributed by atoms with Crippen LogP contribution in [0.1, 0.15) is 33.9 Å². The van der Waals surface area contributed by atoms with Gasteiger partial charge in [-0.25, -0.2) is 4.98 Å². The second-order valence-electron chi connectivity index (χ2n) is 5.75. The molecule has 3 rings (SSSR count). The normalized spacial score (nSPS) is 16.0. The second-order valence-corrected chi connectivity index (χ2v) is 6.93. The lowest BCUT2D eigenvalue weighted by molar-refractivity contribution is 0.0925. The number of amides is 1. The van der Waals surface area contributed by atoms with E-state index in [1.165, 1.54) is 4.88 Å². The Morgan fingerprint density at radius 1 is 1.36 bits per heavy atom. The van der Waals surface area contributed by atoms with Crippen LogP contribution in [0.15, 0.2) is 12.3 Å². The van der Waals surface area contributed by atoms with E-state index in [2.05, 4.69) is 34.1 Å². The predicted molar refractivity (Wildman–Crippen MR) is 87.5 cm³/mol. The molecule has 0 aromatic carbocycles. The Morgan fingerprint density at radius 2 is 2.09 bits per heavy atom. The molecular weight excluding hydrogens is 298 g/mol. The summed E-state index contributed by atoms with van der Waals surface area (Å²) in [5.41, 5.74) is 1.60. The van der Waals surface area contributed by atoms with Gasteiger partial charge in [0, 0.05) is 37.3 Å². The lowest BCUT2D eigenvalue weighted by Crippen LogP contribution is -2.44. The maximum absolute atomic E-state index is 12.1. The summed E-state index contributed by atoms with van der Waals surface area (Å²) in [5, 5.41) is 8.32. The van der Waals surface area contributed by atoms with Gasteiger partial charge in [0.25, 0.3) is 5.91 Å². The van der Waals surface area contributed by atoms with Gasteiger partial charge in [-0.1, -0.05) is 0 Å². The fourth-order valence-corrected chi connectivity index (χ4v) is 3.56. The second kappa shape index (κ2) is 6.08. The number of hydrogen-bond donors (Lipinski definition) is 1. The highest BCUT2D eigenvalue weighted by molar-refractivity contribution is 7.15. The number of anilines is 1. The molecular formula is C15H21N5OS. The van der Waals surface area contributed by atoms with Crippen molar-refractivity contribution in [1.29, 1.82) is 0 Å². The quantitative estimate of drug-likeness (QED) is 0.938. The molecule has 1 aliphatic heterocycles. The molecule has 7 heteroatoms. The van der Waals surface area contributed by atoms with Crippen molar-refractivity contribution in [3.05, 3.63) is 28.5 Å². The molecule has 1 saturated heterocycles. The molecule has 1 fully saturated rings. The first kappa shape index (κ1) is 15.0. The van der Waals surface area contributed by atoms with Crippen molar-refractivity contribution in [2.24, 2.45) is 7.05 Å². The minimum absolute atomic E-state index is 0.0833. The highest BCUT2D eigenvalue weighted by Crippen LogP contribution is 2.27. The smallest absolute Gasteiger partial charge is 0.271 e. The summed E-state index contributed by atoms with van der Waals surface area (Å²) in [4.78, 5) is 20.3. The van der Waals surface area contributed by atoms with Gasteiger partial charge in [0.05, 0.1) is 5.69 Å². The molecule has 0 spiro atoms. The van der Waals surface area contributed by atoms with Gasteiger partial charge in [-0.2, -0.15) is 5.10 Å². The molecule has 1 N–H and O–H groups in total. The third kappa shape index (κ3) is 3.14. The molecule has 6 nitrogen and oxygen atoms in total. The Bertz CT molecular complexity index is 650. The van der Waals surface area contributed by atoms with E-state index >= 15 is 0 Å². The summed E-state index contributed by atoms with van der Waals surface area (Å²) in [7, 11) is 1.81. The number of carbonyl (C=O) groups excluding carboxylic acids is 1. The molecule has 0 bridgehead atoms. The van der Waals surface area contributed by atoms with Gasteiger partial charge in [-0.15, -0.1) is 11.3 Å². The van der Waals surface area contributed by atoms with E-state index in [1.54, 1.807) is 28.3 Å². The zero-order chi connectivity index (χ0) is 15.7.